The average Bonchev–Trinajstić information content (AvgIpc) is 3.43. The molecule has 6 rings (SSSR count). The smallest absolute Gasteiger partial charge is 0.309 e. The van der Waals surface area contributed by atoms with Gasteiger partial charge in [0.1, 0.15) is 34.8 Å². The van der Waals surface area contributed by atoms with Crippen molar-refractivity contribution in [3.63, 3.8) is 0 Å². The molecule has 1 saturated carbocycles. The molecule has 3 aromatic heterocycles. The van der Waals surface area contributed by atoms with Gasteiger partial charge in [0.25, 0.3) is 12.3 Å². The van der Waals surface area contributed by atoms with Crippen LogP contribution in [0.1, 0.15) is 73.8 Å². The Bertz CT molecular complexity index is 1720. The molecule has 1 saturated heterocycles. The third-order valence-corrected chi connectivity index (χ3v) is 9.12. The van der Waals surface area contributed by atoms with Crippen LogP contribution in [0.5, 0.6) is 0 Å². The van der Waals surface area contributed by atoms with Gasteiger partial charge in [-0.05, 0) is 63.8 Å². The van der Waals surface area contributed by atoms with Gasteiger partial charge >= 0.3 is 5.97 Å². The Hall–Kier alpha value is -4.49. The molecular weight excluding hydrogens is 584 g/mol. The standard InChI is InChI=1S/C32H35F2N7O4/c1-18-17-45-23(16-41(18)22-7-10-32(2,11-8-22)31(43)44)29-39-25(26-28(35)37-13-14-40(26)29)19-3-5-20(6-4-19)30(42)38-24-15-21(27(33)34)9-12-36-24/h3-6,9,12-15,18,22-23,27H,7-8,10-11,16-17H2,1-2H3,(H2,35,37)(H,43,44)(H,36,38,42)/t18-,22-,23+,32-/m0/s1. The minimum Gasteiger partial charge on any atom is -0.481 e. The summed E-state index contributed by atoms with van der Waals surface area (Å²) in [4.78, 5) is 40.3. The second-order valence-corrected chi connectivity index (χ2v) is 12.1. The van der Waals surface area contributed by atoms with Gasteiger partial charge in [-0.25, -0.2) is 23.7 Å². The van der Waals surface area contributed by atoms with Crippen molar-refractivity contribution in [3.05, 3.63) is 71.9 Å². The normalized spacial score (nSPS) is 24.2. The zero-order valence-electron chi connectivity index (χ0n) is 25.0. The lowest BCUT2D eigenvalue weighted by molar-refractivity contribution is -0.151. The van der Waals surface area contributed by atoms with Crippen molar-refractivity contribution in [2.75, 3.05) is 24.2 Å². The highest BCUT2D eigenvalue weighted by Gasteiger charge is 2.42. The van der Waals surface area contributed by atoms with E-state index >= 15 is 0 Å². The number of pyridine rings is 1. The lowest BCUT2D eigenvalue weighted by atomic mass is 9.73. The summed E-state index contributed by atoms with van der Waals surface area (Å²) >= 11 is 0. The van der Waals surface area contributed by atoms with E-state index in [-0.39, 0.29) is 29.6 Å². The Morgan fingerprint density at radius 1 is 1.13 bits per heavy atom. The van der Waals surface area contributed by atoms with Crippen molar-refractivity contribution in [1.29, 1.82) is 0 Å². The first-order valence-corrected chi connectivity index (χ1v) is 14.9. The molecule has 1 aliphatic heterocycles. The highest BCUT2D eigenvalue weighted by Crippen LogP contribution is 2.40. The summed E-state index contributed by atoms with van der Waals surface area (Å²) in [6.45, 7) is 5.05. The summed E-state index contributed by atoms with van der Waals surface area (Å²) in [5.74, 6) is -0.233. The fraction of sp³-hybridized carbons (Fsp3) is 0.406. The number of benzene rings is 1. The number of aromatic nitrogens is 4. The molecule has 2 fully saturated rings. The third kappa shape index (κ3) is 5.97. The Morgan fingerprint density at radius 3 is 2.56 bits per heavy atom. The monoisotopic (exact) mass is 619 g/mol. The predicted molar refractivity (Wildman–Crippen MR) is 163 cm³/mol. The number of rotatable bonds is 7. The minimum atomic E-state index is -2.67. The van der Waals surface area contributed by atoms with Crippen LogP contribution in [0.2, 0.25) is 0 Å². The zero-order valence-corrected chi connectivity index (χ0v) is 25.0. The van der Waals surface area contributed by atoms with Crippen LogP contribution in [0.3, 0.4) is 0 Å². The van der Waals surface area contributed by atoms with Crippen LogP contribution < -0.4 is 11.1 Å². The Labute approximate surface area is 258 Å². The van der Waals surface area contributed by atoms with Gasteiger partial charge in [-0.2, -0.15) is 0 Å². The van der Waals surface area contributed by atoms with E-state index in [4.69, 9.17) is 15.5 Å². The number of hydrogen-bond donors (Lipinski definition) is 3. The first-order valence-electron chi connectivity index (χ1n) is 14.9. The second kappa shape index (κ2) is 12.1. The van der Waals surface area contributed by atoms with Crippen molar-refractivity contribution in [3.8, 4) is 11.3 Å². The molecule has 2 aliphatic rings. The predicted octanol–water partition coefficient (Wildman–Crippen LogP) is 5.36. The number of morpholine rings is 1. The lowest BCUT2D eigenvalue weighted by Crippen LogP contribution is -2.52. The van der Waals surface area contributed by atoms with Gasteiger partial charge in [0, 0.05) is 53.9 Å². The van der Waals surface area contributed by atoms with E-state index < -0.39 is 23.7 Å². The third-order valence-electron chi connectivity index (χ3n) is 9.12. The SMILES string of the molecule is C[C@H]1CO[C@@H](c2nc(-c3ccc(C(=O)Nc4cc(C(F)F)ccn4)cc3)c3c(N)nccn23)CN1[C@H]1CC[C@](C)(C(=O)O)CC1. The molecule has 0 radical (unpaired) electrons. The highest BCUT2D eigenvalue weighted by atomic mass is 19.3. The molecule has 2 atom stereocenters. The van der Waals surface area contributed by atoms with E-state index in [1.54, 1.807) is 36.7 Å². The van der Waals surface area contributed by atoms with E-state index in [0.29, 0.717) is 60.0 Å². The van der Waals surface area contributed by atoms with Crippen LogP contribution in [0.25, 0.3) is 16.8 Å². The van der Waals surface area contributed by atoms with Gasteiger partial charge in [0.05, 0.1) is 12.0 Å². The van der Waals surface area contributed by atoms with E-state index in [0.717, 1.165) is 18.9 Å². The summed E-state index contributed by atoms with van der Waals surface area (Å²) in [6, 6.07) is 9.49. The van der Waals surface area contributed by atoms with Gasteiger partial charge < -0.3 is 20.9 Å². The number of carbonyl (C=O) groups is 2. The van der Waals surface area contributed by atoms with E-state index in [1.807, 2.05) is 11.3 Å². The largest absolute Gasteiger partial charge is 0.481 e. The maximum absolute atomic E-state index is 13.1. The molecule has 0 unspecified atom stereocenters. The molecule has 1 aliphatic carbocycles. The number of aliphatic carboxylic acids is 1. The number of ether oxygens (including phenoxy) is 1. The second-order valence-electron chi connectivity index (χ2n) is 12.1. The number of nitrogens with two attached hydrogens (primary N) is 1. The minimum absolute atomic E-state index is 0.0328. The zero-order chi connectivity index (χ0) is 31.9. The van der Waals surface area contributed by atoms with Crippen LogP contribution in [0, 0.1) is 5.41 Å². The van der Waals surface area contributed by atoms with Crippen LogP contribution in [-0.2, 0) is 9.53 Å². The number of anilines is 2. The summed E-state index contributed by atoms with van der Waals surface area (Å²) in [7, 11) is 0. The van der Waals surface area contributed by atoms with Crippen molar-refractivity contribution >= 4 is 29.0 Å². The highest BCUT2D eigenvalue weighted by molar-refractivity contribution is 6.04. The van der Waals surface area contributed by atoms with Crippen LogP contribution >= 0.6 is 0 Å². The van der Waals surface area contributed by atoms with Crippen molar-refractivity contribution in [2.45, 2.75) is 64.1 Å². The van der Waals surface area contributed by atoms with Crippen molar-refractivity contribution in [1.82, 2.24) is 24.3 Å². The maximum atomic E-state index is 13.1. The van der Waals surface area contributed by atoms with Gasteiger partial charge in [0.2, 0.25) is 0 Å². The lowest BCUT2D eigenvalue weighted by Gasteiger charge is -2.46. The van der Waals surface area contributed by atoms with Crippen molar-refractivity contribution < 1.29 is 28.2 Å². The molecule has 4 N–H and O–H groups in total. The maximum Gasteiger partial charge on any atom is 0.309 e. The first-order chi connectivity index (χ1) is 21.5. The van der Waals surface area contributed by atoms with Gasteiger partial charge in [-0.1, -0.05) is 12.1 Å². The summed E-state index contributed by atoms with van der Waals surface area (Å²) in [6.07, 6.45) is 4.46. The first kappa shape index (κ1) is 30.5. The fourth-order valence-electron chi connectivity index (χ4n) is 6.36. The number of nitrogen functional groups attached to an aromatic ring is 1. The van der Waals surface area contributed by atoms with Gasteiger partial charge in [-0.3, -0.25) is 18.9 Å². The molecule has 4 aromatic rings. The molecule has 1 aromatic carbocycles. The Kier molecular flexibility index (Phi) is 8.23. The van der Waals surface area contributed by atoms with E-state index in [2.05, 4.69) is 27.1 Å². The molecule has 0 spiro atoms. The molecule has 45 heavy (non-hydrogen) atoms. The van der Waals surface area contributed by atoms with Crippen LogP contribution in [-0.4, -0.2) is 66.5 Å². The molecule has 11 nitrogen and oxygen atoms in total. The summed E-state index contributed by atoms with van der Waals surface area (Å²) in [5, 5.41) is 12.2. The molecule has 13 heteroatoms. The number of hydrogen-bond acceptors (Lipinski definition) is 8. The number of alkyl halides is 2. The number of carbonyl (C=O) groups excluding carboxylic acids is 1. The topological polar surface area (TPSA) is 148 Å². The number of halogens is 2. The number of carboxylic acids is 1. The molecule has 0 bridgehead atoms. The van der Waals surface area contributed by atoms with E-state index in [9.17, 15) is 23.5 Å². The Balaban J connectivity index is 1.24. The van der Waals surface area contributed by atoms with Gasteiger partial charge in [-0.15, -0.1) is 0 Å². The Morgan fingerprint density at radius 2 is 1.87 bits per heavy atom. The van der Waals surface area contributed by atoms with Crippen LogP contribution in [0.15, 0.2) is 55.0 Å². The van der Waals surface area contributed by atoms with Crippen LogP contribution in [0.4, 0.5) is 20.4 Å². The number of nitrogens with zero attached hydrogens (tertiary/aromatic N) is 5. The van der Waals surface area contributed by atoms with Gasteiger partial charge in [0.15, 0.2) is 0 Å². The number of carboxylic acid groups (broad SMARTS) is 1. The van der Waals surface area contributed by atoms with Crippen molar-refractivity contribution in [2.24, 2.45) is 5.41 Å². The molecule has 1 amide bonds. The summed E-state index contributed by atoms with van der Waals surface area (Å²) < 4.78 is 34.3. The number of imidazole rings is 1. The summed E-state index contributed by atoms with van der Waals surface area (Å²) in [5.41, 5.74) is 7.64. The fourth-order valence-corrected chi connectivity index (χ4v) is 6.36. The molecule has 4 heterocycles. The molecular formula is C32H35F2N7O4. The number of amides is 1. The average molecular weight is 620 g/mol. The van der Waals surface area contributed by atoms with E-state index in [1.165, 1.54) is 12.3 Å². The molecule has 236 valence electrons. The number of nitrogens with one attached hydrogen (secondary N) is 1. The number of fused-ring (bicyclic) bond motifs is 1. The quantitative estimate of drug-likeness (QED) is 0.249.